The van der Waals surface area contributed by atoms with E-state index in [9.17, 15) is 0 Å². The average molecular weight is 365 g/mol. The second-order valence-electron chi connectivity index (χ2n) is 6.88. The number of unbranched alkanes of at least 4 members (excludes halogenated alkanes) is 8. The van der Waals surface area contributed by atoms with E-state index in [2.05, 4.69) is 24.4 Å². The Morgan fingerprint density at radius 3 is 2.32 bits per heavy atom. The van der Waals surface area contributed by atoms with Gasteiger partial charge >= 0.3 is 0 Å². The van der Waals surface area contributed by atoms with Gasteiger partial charge in [-0.15, -0.1) is 0 Å². The normalized spacial score (nSPS) is 11.9. The number of ether oxygens (including phenoxy) is 1. The Bertz CT molecular complexity index is 479. The predicted octanol–water partition coefficient (Wildman–Crippen LogP) is 5.36. The molecule has 3 N–H and O–H groups in total. The molecule has 3 nitrogen and oxygen atoms in total. The Morgan fingerprint density at radius 2 is 1.72 bits per heavy atom. The van der Waals surface area contributed by atoms with Crippen molar-refractivity contribution < 1.29 is 4.74 Å². The minimum absolute atomic E-state index is 0.300. The number of hydrogen-bond acceptors (Lipinski definition) is 2. The van der Waals surface area contributed by atoms with Crippen molar-refractivity contribution in [3.63, 3.8) is 0 Å². The van der Waals surface area contributed by atoms with Crippen molar-refractivity contribution in [2.24, 2.45) is 5.73 Å². The summed E-state index contributed by atoms with van der Waals surface area (Å²) in [5.74, 6) is 0.898. The number of nitrogens with one attached hydrogen (secondary N) is 1. The van der Waals surface area contributed by atoms with Gasteiger partial charge in [0.2, 0.25) is 0 Å². The fraction of sp³-hybridized carbons (Fsp3) is 0.667. The van der Waals surface area contributed by atoms with Crippen LogP contribution in [0.2, 0.25) is 0 Å². The monoisotopic (exact) mass is 364 g/mol. The molecule has 1 unspecified atom stereocenters. The van der Waals surface area contributed by atoms with Crippen molar-refractivity contribution in [1.29, 1.82) is 0 Å². The largest absolute Gasteiger partial charge is 0.497 e. The molecule has 0 aromatic heterocycles. The molecule has 0 radical (unpaired) electrons. The van der Waals surface area contributed by atoms with Crippen molar-refractivity contribution in [1.82, 2.24) is 5.32 Å². The van der Waals surface area contributed by atoms with Gasteiger partial charge in [-0.2, -0.15) is 0 Å². The molecular formula is C21H36N2OS. The number of benzene rings is 1. The highest BCUT2D eigenvalue weighted by atomic mass is 32.1. The molecule has 0 aliphatic carbocycles. The summed E-state index contributed by atoms with van der Waals surface area (Å²) in [6.45, 7) is 2.27. The minimum Gasteiger partial charge on any atom is -0.497 e. The summed E-state index contributed by atoms with van der Waals surface area (Å²) in [4.78, 5) is 0. The molecule has 1 aromatic rings. The number of nitrogens with two attached hydrogens (primary N) is 1. The Morgan fingerprint density at radius 1 is 1.08 bits per heavy atom. The van der Waals surface area contributed by atoms with E-state index in [1.54, 1.807) is 7.11 Å². The first-order chi connectivity index (χ1) is 12.2. The van der Waals surface area contributed by atoms with E-state index >= 15 is 0 Å². The summed E-state index contributed by atoms with van der Waals surface area (Å²) < 4.78 is 5.31. The molecule has 25 heavy (non-hydrogen) atoms. The zero-order valence-electron chi connectivity index (χ0n) is 16.1. The number of thiocarbonyl (C=S) groups is 1. The second kappa shape index (κ2) is 13.9. The number of methoxy groups -OCH3 is 1. The highest BCUT2D eigenvalue weighted by Crippen LogP contribution is 2.17. The van der Waals surface area contributed by atoms with Crippen LogP contribution in [0.5, 0.6) is 5.75 Å². The van der Waals surface area contributed by atoms with E-state index in [-0.39, 0.29) is 0 Å². The maximum absolute atomic E-state index is 5.71. The van der Waals surface area contributed by atoms with Crippen LogP contribution in [-0.4, -0.2) is 18.3 Å². The second-order valence-corrected chi connectivity index (χ2v) is 7.32. The first-order valence-corrected chi connectivity index (χ1v) is 10.3. The molecule has 1 aromatic carbocycles. The Hall–Kier alpha value is -1.29. The van der Waals surface area contributed by atoms with Crippen LogP contribution in [0.1, 0.15) is 76.7 Å². The third-order valence-corrected chi connectivity index (χ3v) is 4.74. The van der Waals surface area contributed by atoms with Crippen LogP contribution in [0.15, 0.2) is 24.3 Å². The van der Waals surface area contributed by atoms with Crippen molar-refractivity contribution >= 4 is 17.3 Å². The van der Waals surface area contributed by atoms with Crippen LogP contribution in [-0.2, 0) is 6.42 Å². The summed E-state index contributed by atoms with van der Waals surface area (Å²) in [6.07, 6.45) is 14.1. The summed E-state index contributed by atoms with van der Waals surface area (Å²) in [5.41, 5.74) is 6.96. The van der Waals surface area contributed by atoms with E-state index < -0.39 is 0 Å². The van der Waals surface area contributed by atoms with Crippen LogP contribution in [0, 0.1) is 0 Å². The van der Waals surface area contributed by atoms with E-state index in [0.717, 1.165) is 18.6 Å². The number of rotatable bonds is 14. The summed E-state index contributed by atoms with van der Waals surface area (Å²) in [6, 6.07) is 8.52. The van der Waals surface area contributed by atoms with Gasteiger partial charge in [-0.3, -0.25) is 0 Å². The lowest BCUT2D eigenvalue weighted by molar-refractivity contribution is 0.413. The summed E-state index contributed by atoms with van der Waals surface area (Å²) in [7, 11) is 1.70. The molecule has 0 bridgehead atoms. The molecule has 0 saturated heterocycles. The lowest BCUT2D eigenvalue weighted by atomic mass is 9.99. The van der Waals surface area contributed by atoms with Gasteiger partial charge in [-0.1, -0.05) is 76.8 Å². The first-order valence-electron chi connectivity index (χ1n) is 9.84. The van der Waals surface area contributed by atoms with Crippen LogP contribution < -0.4 is 15.8 Å². The van der Waals surface area contributed by atoms with Crippen LogP contribution in [0.3, 0.4) is 0 Å². The maximum atomic E-state index is 5.71. The van der Waals surface area contributed by atoms with Crippen LogP contribution in [0.25, 0.3) is 0 Å². The molecular weight excluding hydrogens is 328 g/mol. The highest BCUT2D eigenvalue weighted by molar-refractivity contribution is 7.80. The molecule has 0 heterocycles. The van der Waals surface area contributed by atoms with Crippen molar-refractivity contribution in [3.05, 3.63) is 29.8 Å². The quantitative estimate of drug-likeness (QED) is 0.344. The van der Waals surface area contributed by atoms with Gasteiger partial charge in [-0.05, 0) is 42.8 Å². The SMILES string of the molecule is CCCCCCCCCCCC(Cc1cccc(OC)c1)NC(N)=S. The Kier molecular flexibility index (Phi) is 12.1. The van der Waals surface area contributed by atoms with Crippen molar-refractivity contribution in [3.8, 4) is 5.75 Å². The Labute approximate surface area is 159 Å². The fourth-order valence-electron chi connectivity index (χ4n) is 3.21. The molecule has 1 rings (SSSR count). The maximum Gasteiger partial charge on any atom is 0.163 e. The Balaban J connectivity index is 2.27. The summed E-state index contributed by atoms with van der Waals surface area (Å²) in [5, 5.41) is 3.65. The molecule has 0 aliphatic rings. The third kappa shape index (κ3) is 11.0. The van der Waals surface area contributed by atoms with Gasteiger partial charge in [0.1, 0.15) is 5.75 Å². The topological polar surface area (TPSA) is 47.3 Å². The van der Waals surface area contributed by atoms with Gasteiger partial charge in [0.15, 0.2) is 5.11 Å². The smallest absolute Gasteiger partial charge is 0.163 e. The van der Waals surface area contributed by atoms with Gasteiger partial charge in [-0.25, -0.2) is 0 Å². The molecule has 1 atom stereocenters. The van der Waals surface area contributed by atoms with Crippen molar-refractivity contribution in [2.45, 2.75) is 83.6 Å². The van der Waals surface area contributed by atoms with E-state index in [4.69, 9.17) is 22.7 Å². The molecule has 142 valence electrons. The molecule has 0 amide bonds. The van der Waals surface area contributed by atoms with Gasteiger partial charge < -0.3 is 15.8 Å². The zero-order valence-corrected chi connectivity index (χ0v) is 16.9. The fourth-order valence-corrected chi connectivity index (χ4v) is 3.38. The van der Waals surface area contributed by atoms with Crippen LogP contribution >= 0.6 is 12.2 Å². The van der Waals surface area contributed by atoms with Crippen LogP contribution in [0.4, 0.5) is 0 Å². The first kappa shape index (κ1) is 21.8. The van der Waals surface area contributed by atoms with Gasteiger partial charge in [0, 0.05) is 6.04 Å². The van der Waals surface area contributed by atoms with Gasteiger partial charge in [0.25, 0.3) is 0 Å². The molecule has 0 saturated carbocycles. The van der Waals surface area contributed by atoms with E-state index in [1.807, 2.05) is 12.1 Å². The minimum atomic E-state index is 0.300. The third-order valence-electron chi connectivity index (χ3n) is 4.62. The van der Waals surface area contributed by atoms with E-state index in [0.29, 0.717) is 11.2 Å². The lowest BCUT2D eigenvalue weighted by Gasteiger charge is -2.19. The molecule has 4 heteroatoms. The molecule has 0 spiro atoms. The summed E-state index contributed by atoms with van der Waals surface area (Å²) >= 11 is 5.05. The molecule has 0 fully saturated rings. The number of hydrogen-bond donors (Lipinski definition) is 2. The van der Waals surface area contributed by atoms with E-state index in [1.165, 1.54) is 63.4 Å². The van der Waals surface area contributed by atoms with Gasteiger partial charge in [0.05, 0.1) is 7.11 Å². The highest BCUT2D eigenvalue weighted by Gasteiger charge is 2.10. The average Bonchev–Trinajstić information content (AvgIpc) is 2.60. The van der Waals surface area contributed by atoms with Crippen molar-refractivity contribution in [2.75, 3.05) is 7.11 Å². The standard InChI is InChI=1S/C21H36N2OS/c1-3-4-5-6-7-8-9-10-11-14-19(23-21(22)25)16-18-13-12-15-20(17-18)24-2/h12-13,15,17,19H,3-11,14,16H2,1-2H3,(H3,22,23,25). The molecule has 0 aliphatic heterocycles. The lowest BCUT2D eigenvalue weighted by Crippen LogP contribution is -2.39. The predicted molar refractivity (Wildman–Crippen MR) is 112 cm³/mol. The zero-order chi connectivity index (χ0) is 18.3.